The summed E-state index contributed by atoms with van der Waals surface area (Å²) in [6.07, 6.45) is 3.24. The summed E-state index contributed by atoms with van der Waals surface area (Å²) in [6.45, 7) is 0.536. The van der Waals surface area contributed by atoms with E-state index in [1.807, 2.05) is 30.5 Å². The first-order valence-electron chi connectivity index (χ1n) is 9.16. The van der Waals surface area contributed by atoms with Crippen molar-refractivity contribution in [3.63, 3.8) is 0 Å². The van der Waals surface area contributed by atoms with Gasteiger partial charge < -0.3 is 5.32 Å². The fourth-order valence-electron chi connectivity index (χ4n) is 3.30. The maximum Gasteiger partial charge on any atom is 0.228 e. The molecule has 0 aromatic heterocycles. The van der Waals surface area contributed by atoms with Gasteiger partial charge in [0.1, 0.15) is 0 Å². The second-order valence-electron chi connectivity index (χ2n) is 6.87. The number of halogens is 2. The number of carbonyl (C=O) groups excluding carboxylic acids is 1. The first-order chi connectivity index (χ1) is 13.8. The molecule has 2 aromatic carbocycles. The minimum Gasteiger partial charge on any atom is -0.326 e. The zero-order valence-corrected chi connectivity index (χ0v) is 19.0. The Kier molecular flexibility index (Phi) is 7.51. The molecule has 1 aliphatic rings. The van der Waals surface area contributed by atoms with E-state index in [9.17, 15) is 13.2 Å². The van der Waals surface area contributed by atoms with Crippen LogP contribution in [0.1, 0.15) is 18.4 Å². The van der Waals surface area contributed by atoms with E-state index in [0.717, 1.165) is 4.90 Å². The summed E-state index contributed by atoms with van der Waals surface area (Å²) in [6, 6.07) is 12.5. The number of carbonyl (C=O) groups is 1. The summed E-state index contributed by atoms with van der Waals surface area (Å²) in [5, 5.41) is 3.55. The first kappa shape index (κ1) is 22.4. The van der Waals surface area contributed by atoms with Gasteiger partial charge in [-0.3, -0.25) is 4.79 Å². The van der Waals surface area contributed by atoms with Crippen molar-refractivity contribution in [2.45, 2.75) is 23.5 Å². The van der Waals surface area contributed by atoms with E-state index in [1.165, 1.54) is 4.31 Å². The average Bonchev–Trinajstić information content (AvgIpc) is 2.71. The molecule has 1 unspecified atom stereocenters. The summed E-state index contributed by atoms with van der Waals surface area (Å²) in [5.41, 5.74) is 1.10. The Morgan fingerprint density at radius 3 is 2.59 bits per heavy atom. The van der Waals surface area contributed by atoms with E-state index >= 15 is 0 Å². The van der Waals surface area contributed by atoms with Crippen LogP contribution in [-0.4, -0.2) is 38.0 Å². The summed E-state index contributed by atoms with van der Waals surface area (Å²) in [7, 11) is -3.65. The Hall–Kier alpha value is -1.25. The molecule has 1 atom stereocenters. The molecule has 5 nitrogen and oxygen atoms in total. The van der Waals surface area contributed by atoms with Gasteiger partial charge in [-0.25, -0.2) is 12.7 Å². The minimum absolute atomic E-state index is 0.151. The maximum atomic E-state index is 12.9. The molecule has 29 heavy (non-hydrogen) atoms. The van der Waals surface area contributed by atoms with Crippen molar-refractivity contribution in [2.24, 2.45) is 5.92 Å². The zero-order chi connectivity index (χ0) is 21.0. The molecule has 1 heterocycles. The lowest BCUT2D eigenvalue weighted by Gasteiger charge is -2.31. The SMILES string of the molecule is CSc1cccc(NC(=O)C2CCCN(S(=O)(=O)Cc3c(Cl)cccc3Cl)C2)c1. The van der Waals surface area contributed by atoms with Gasteiger partial charge in [0.25, 0.3) is 0 Å². The number of piperidine rings is 1. The van der Waals surface area contributed by atoms with Crippen molar-refractivity contribution in [1.82, 2.24) is 4.31 Å². The number of nitrogens with one attached hydrogen (secondary N) is 1. The fraction of sp³-hybridized carbons (Fsp3) is 0.350. The van der Waals surface area contributed by atoms with Gasteiger partial charge in [-0.2, -0.15) is 0 Å². The van der Waals surface area contributed by atoms with Crippen LogP contribution in [0.15, 0.2) is 47.4 Å². The molecule has 0 bridgehead atoms. The second kappa shape index (κ2) is 9.71. The number of hydrogen-bond acceptors (Lipinski definition) is 4. The number of anilines is 1. The molecule has 0 aliphatic carbocycles. The van der Waals surface area contributed by atoms with Crippen molar-refractivity contribution in [2.75, 3.05) is 24.7 Å². The van der Waals surface area contributed by atoms with E-state index in [-0.39, 0.29) is 18.2 Å². The third-order valence-electron chi connectivity index (χ3n) is 4.87. The number of sulfonamides is 1. The summed E-state index contributed by atoms with van der Waals surface area (Å²) >= 11 is 13.9. The van der Waals surface area contributed by atoms with Gasteiger partial charge >= 0.3 is 0 Å². The third-order valence-corrected chi connectivity index (χ3v) is 8.08. The second-order valence-corrected chi connectivity index (χ2v) is 10.5. The number of rotatable bonds is 6. The van der Waals surface area contributed by atoms with Gasteiger partial charge in [0, 0.05) is 39.3 Å². The van der Waals surface area contributed by atoms with Crippen molar-refractivity contribution in [3.05, 3.63) is 58.1 Å². The van der Waals surface area contributed by atoms with Gasteiger partial charge in [-0.1, -0.05) is 35.3 Å². The molecule has 9 heteroatoms. The van der Waals surface area contributed by atoms with Crippen molar-refractivity contribution < 1.29 is 13.2 Å². The predicted octanol–water partition coefficient (Wildman–Crippen LogP) is 4.90. The molecule has 0 radical (unpaired) electrons. The van der Waals surface area contributed by atoms with Crippen LogP contribution in [0.25, 0.3) is 0 Å². The highest BCUT2D eigenvalue weighted by atomic mass is 35.5. The van der Waals surface area contributed by atoms with E-state index in [2.05, 4.69) is 5.32 Å². The van der Waals surface area contributed by atoms with Gasteiger partial charge in [0.15, 0.2) is 0 Å². The number of hydrogen-bond donors (Lipinski definition) is 1. The van der Waals surface area contributed by atoms with Crippen molar-refractivity contribution >= 4 is 56.6 Å². The van der Waals surface area contributed by atoms with Gasteiger partial charge in [0.2, 0.25) is 15.9 Å². The minimum atomic E-state index is -3.65. The molecule has 1 saturated heterocycles. The molecule has 1 aliphatic heterocycles. The van der Waals surface area contributed by atoms with Crippen molar-refractivity contribution in [1.29, 1.82) is 0 Å². The van der Waals surface area contributed by atoms with Crippen LogP contribution in [0.4, 0.5) is 5.69 Å². The molecule has 0 saturated carbocycles. The molecular weight excluding hydrogens is 451 g/mol. The van der Waals surface area contributed by atoms with E-state index in [1.54, 1.807) is 30.0 Å². The smallest absolute Gasteiger partial charge is 0.228 e. The van der Waals surface area contributed by atoms with Gasteiger partial charge in [-0.15, -0.1) is 11.8 Å². The molecule has 0 spiro atoms. The fourth-order valence-corrected chi connectivity index (χ4v) is 6.12. The topological polar surface area (TPSA) is 66.5 Å². The average molecular weight is 473 g/mol. The molecule has 1 amide bonds. The summed E-state index contributed by atoms with van der Waals surface area (Å²) in [5.74, 6) is -0.854. The highest BCUT2D eigenvalue weighted by Crippen LogP contribution is 2.29. The van der Waals surface area contributed by atoms with Crippen LogP contribution < -0.4 is 5.32 Å². The highest BCUT2D eigenvalue weighted by molar-refractivity contribution is 7.98. The Bertz CT molecular complexity index is 979. The van der Waals surface area contributed by atoms with Crippen LogP contribution in [-0.2, 0) is 20.6 Å². The highest BCUT2D eigenvalue weighted by Gasteiger charge is 2.33. The van der Waals surface area contributed by atoms with Crippen molar-refractivity contribution in [3.8, 4) is 0 Å². The Labute approximate surface area is 185 Å². The molecule has 1 N–H and O–H groups in total. The first-order valence-corrected chi connectivity index (χ1v) is 12.7. The maximum absolute atomic E-state index is 12.9. The monoisotopic (exact) mass is 472 g/mol. The Balaban J connectivity index is 1.70. The lowest BCUT2D eigenvalue weighted by atomic mass is 9.99. The molecule has 3 rings (SSSR count). The third kappa shape index (κ3) is 5.67. The van der Waals surface area contributed by atoms with Crippen LogP contribution >= 0.6 is 35.0 Å². The normalized spacial score (nSPS) is 17.8. The number of thioether (sulfide) groups is 1. The van der Waals surface area contributed by atoms with E-state index in [4.69, 9.17) is 23.2 Å². The molecule has 2 aromatic rings. The Morgan fingerprint density at radius 1 is 1.21 bits per heavy atom. The van der Waals surface area contributed by atoms with Crippen LogP contribution in [0.2, 0.25) is 10.0 Å². The largest absolute Gasteiger partial charge is 0.326 e. The molecule has 156 valence electrons. The number of amides is 1. The lowest BCUT2D eigenvalue weighted by molar-refractivity contribution is -0.120. The standard InChI is InChI=1S/C20H22Cl2N2O3S2/c1-28-16-7-2-6-15(11-16)23-20(25)14-5-4-10-24(12-14)29(26,27)13-17-18(21)8-3-9-19(17)22/h2-3,6-9,11,14H,4-5,10,12-13H2,1H3,(H,23,25). The quantitative estimate of drug-likeness (QED) is 0.607. The predicted molar refractivity (Wildman–Crippen MR) is 120 cm³/mol. The van der Waals surface area contributed by atoms with Gasteiger partial charge in [0.05, 0.1) is 11.7 Å². The number of nitrogens with zero attached hydrogens (tertiary/aromatic N) is 1. The summed E-state index contributed by atoms with van der Waals surface area (Å²) < 4.78 is 27.3. The van der Waals surface area contributed by atoms with E-state index in [0.29, 0.717) is 40.7 Å². The number of benzene rings is 2. The summed E-state index contributed by atoms with van der Waals surface area (Å²) in [4.78, 5) is 13.8. The molecular formula is C20H22Cl2N2O3S2. The zero-order valence-electron chi connectivity index (χ0n) is 15.9. The van der Waals surface area contributed by atoms with E-state index < -0.39 is 15.9 Å². The molecule has 1 fully saturated rings. The lowest BCUT2D eigenvalue weighted by Crippen LogP contribution is -2.44. The Morgan fingerprint density at radius 2 is 1.90 bits per heavy atom. The van der Waals surface area contributed by atoms with Gasteiger partial charge in [-0.05, 0) is 49.4 Å². The van der Waals surface area contributed by atoms with Crippen LogP contribution in [0.5, 0.6) is 0 Å². The van der Waals surface area contributed by atoms with Crippen LogP contribution in [0, 0.1) is 5.92 Å². The van der Waals surface area contributed by atoms with Crippen LogP contribution in [0.3, 0.4) is 0 Å².